The summed E-state index contributed by atoms with van der Waals surface area (Å²) in [7, 11) is 0. The molecule has 1 aromatic rings. The van der Waals surface area contributed by atoms with Gasteiger partial charge in [-0.1, -0.05) is 0 Å². The molecule has 2 atom stereocenters. The van der Waals surface area contributed by atoms with E-state index in [0.717, 1.165) is 6.42 Å². The van der Waals surface area contributed by atoms with Crippen molar-refractivity contribution in [3.8, 4) is 0 Å². The first-order valence-corrected chi connectivity index (χ1v) is 6.45. The van der Waals surface area contributed by atoms with Crippen LogP contribution in [0, 0.1) is 0 Å². The molecule has 0 unspecified atom stereocenters. The van der Waals surface area contributed by atoms with Gasteiger partial charge in [0.1, 0.15) is 11.9 Å². The van der Waals surface area contributed by atoms with Gasteiger partial charge in [0.05, 0.1) is 17.5 Å². The number of ether oxygens (including phenoxy) is 1. The van der Waals surface area contributed by atoms with Gasteiger partial charge in [-0.2, -0.15) is 0 Å². The van der Waals surface area contributed by atoms with Crippen LogP contribution < -0.4 is 5.32 Å². The van der Waals surface area contributed by atoms with Crippen LogP contribution in [0.4, 0.5) is 0 Å². The summed E-state index contributed by atoms with van der Waals surface area (Å²) >= 11 is 0. The molecule has 2 rings (SSSR count). The topological polar surface area (TPSA) is 54.6 Å². The molecule has 1 aliphatic rings. The van der Waals surface area contributed by atoms with E-state index in [1.165, 1.54) is 0 Å². The van der Waals surface area contributed by atoms with Crippen LogP contribution in [0.1, 0.15) is 46.0 Å². The molecule has 1 aromatic heterocycles. The van der Waals surface area contributed by atoms with Crippen molar-refractivity contribution < 1.29 is 14.3 Å². The van der Waals surface area contributed by atoms with E-state index >= 15 is 0 Å². The first-order valence-electron chi connectivity index (χ1n) is 6.45. The third-order valence-corrected chi connectivity index (χ3v) is 3.50. The SMILES string of the molecule is CC1(C)C[C@H](NC[C@@H](O)c2ccco2)C(C)(C)O1. The van der Waals surface area contributed by atoms with Crippen molar-refractivity contribution in [3.63, 3.8) is 0 Å². The molecule has 1 saturated heterocycles. The molecule has 2 heterocycles. The normalized spacial score (nSPS) is 27.3. The van der Waals surface area contributed by atoms with Crippen molar-refractivity contribution in [1.82, 2.24) is 5.32 Å². The first kappa shape index (κ1) is 13.6. The van der Waals surface area contributed by atoms with Crippen LogP contribution in [0.5, 0.6) is 0 Å². The lowest BCUT2D eigenvalue weighted by Gasteiger charge is -2.28. The third-order valence-electron chi connectivity index (χ3n) is 3.50. The second-order valence-electron chi connectivity index (χ2n) is 6.16. The Bertz CT molecular complexity index is 384. The molecule has 0 radical (unpaired) electrons. The fraction of sp³-hybridized carbons (Fsp3) is 0.714. The minimum atomic E-state index is -0.612. The summed E-state index contributed by atoms with van der Waals surface area (Å²) in [5.41, 5.74) is -0.330. The van der Waals surface area contributed by atoms with Crippen molar-refractivity contribution in [2.24, 2.45) is 0 Å². The molecular formula is C14H23NO3. The Balaban J connectivity index is 1.91. The fourth-order valence-corrected chi connectivity index (χ4v) is 2.72. The third kappa shape index (κ3) is 2.94. The van der Waals surface area contributed by atoms with Crippen LogP contribution in [-0.4, -0.2) is 28.9 Å². The lowest BCUT2D eigenvalue weighted by Crippen LogP contribution is -2.44. The van der Waals surface area contributed by atoms with Crippen molar-refractivity contribution >= 4 is 0 Å². The highest BCUT2D eigenvalue weighted by Crippen LogP contribution is 2.37. The highest BCUT2D eigenvalue weighted by Gasteiger charge is 2.45. The molecule has 0 bridgehead atoms. The Kier molecular flexibility index (Phi) is 3.54. The van der Waals surface area contributed by atoms with Gasteiger partial charge in [0.2, 0.25) is 0 Å². The van der Waals surface area contributed by atoms with Gasteiger partial charge < -0.3 is 19.6 Å². The van der Waals surface area contributed by atoms with Gasteiger partial charge in [-0.15, -0.1) is 0 Å². The summed E-state index contributed by atoms with van der Waals surface area (Å²) in [6, 6.07) is 3.80. The van der Waals surface area contributed by atoms with Gasteiger partial charge in [-0.25, -0.2) is 0 Å². The molecular weight excluding hydrogens is 230 g/mol. The smallest absolute Gasteiger partial charge is 0.133 e. The zero-order valence-corrected chi connectivity index (χ0v) is 11.6. The maximum Gasteiger partial charge on any atom is 0.133 e. The van der Waals surface area contributed by atoms with Crippen LogP contribution >= 0.6 is 0 Å². The van der Waals surface area contributed by atoms with E-state index in [4.69, 9.17) is 9.15 Å². The van der Waals surface area contributed by atoms with E-state index in [9.17, 15) is 5.11 Å². The summed E-state index contributed by atoms with van der Waals surface area (Å²) in [6.07, 6.45) is 1.90. The fourth-order valence-electron chi connectivity index (χ4n) is 2.72. The van der Waals surface area contributed by atoms with E-state index in [1.54, 1.807) is 18.4 Å². The van der Waals surface area contributed by atoms with Crippen LogP contribution in [0.2, 0.25) is 0 Å². The summed E-state index contributed by atoms with van der Waals surface area (Å²) in [5.74, 6) is 0.596. The monoisotopic (exact) mass is 253 g/mol. The summed E-state index contributed by atoms with van der Waals surface area (Å²) in [5, 5.41) is 13.4. The minimum absolute atomic E-state index is 0.114. The average molecular weight is 253 g/mol. The van der Waals surface area contributed by atoms with E-state index < -0.39 is 6.10 Å². The van der Waals surface area contributed by atoms with E-state index in [0.29, 0.717) is 12.3 Å². The van der Waals surface area contributed by atoms with Crippen LogP contribution in [0.15, 0.2) is 22.8 Å². The predicted molar refractivity (Wildman–Crippen MR) is 69.3 cm³/mol. The van der Waals surface area contributed by atoms with Crippen molar-refractivity contribution in [2.75, 3.05) is 6.54 Å². The molecule has 102 valence electrons. The first-order chi connectivity index (χ1) is 8.30. The molecule has 0 aliphatic carbocycles. The van der Waals surface area contributed by atoms with Gasteiger partial charge in [0.25, 0.3) is 0 Å². The molecule has 4 nitrogen and oxygen atoms in total. The average Bonchev–Trinajstić information content (AvgIpc) is 2.80. The highest BCUT2D eigenvalue weighted by molar-refractivity contribution is 5.04. The van der Waals surface area contributed by atoms with Crippen molar-refractivity contribution in [2.45, 2.75) is 57.5 Å². The molecule has 4 heteroatoms. The number of hydrogen-bond donors (Lipinski definition) is 2. The van der Waals surface area contributed by atoms with Crippen LogP contribution in [0.3, 0.4) is 0 Å². The molecule has 0 spiro atoms. The Morgan fingerprint density at radius 1 is 1.44 bits per heavy atom. The second-order valence-corrected chi connectivity index (χ2v) is 6.16. The van der Waals surface area contributed by atoms with Gasteiger partial charge >= 0.3 is 0 Å². The molecule has 1 fully saturated rings. The van der Waals surface area contributed by atoms with Crippen LogP contribution in [0.25, 0.3) is 0 Å². The number of furan rings is 1. The Morgan fingerprint density at radius 3 is 2.67 bits per heavy atom. The van der Waals surface area contributed by atoms with E-state index in [2.05, 4.69) is 33.0 Å². The maximum absolute atomic E-state index is 9.97. The molecule has 0 saturated carbocycles. The predicted octanol–water partition coefficient (Wildman–Crippen LogP) is 2.25. The Morgan fingerprint density at radius 2 is 2.17 bits per heavy atom. The zero-order chi connectivity index (χ0) is 13.4. The van der Waals surface area contributed by atoms with Gasteiger partial charge in [0, 0.05) is 12.6 Å². The molecule has 18 heavy (non-hydrogen) atoms. The second kappa shape index (κ2) is 4.68. The van der Waals surface area contributed by atoms with Crippen molar-refractivity contribution in [1.29, 1.82) is 0 Å². The quantitative estimate of drug-likeness (QED) is 0.864. The standard InChI is InChI=1S/C14H23NO3/c1-13(2)8-12(14(3,4)18-13)15-9-10(16)11-6-5-7-17-11/h5-7,10,12,15-16H,8-9H2,1-4H3/t10-,12+/m1/s1. The molecule has 1 aliphatic heterocycles. The van der Waals surface area contributed by atoms with Gasteiger partial charge in [0.15, 0.2) is 0 Å². The van der Waals surface area contributed by atoms with E-state index in [-0.39, 0.29) is 17.2 Å². The lowest BCUT2D eigenvalue weighted by atomic mass is 9.94. The molecule has 0 aromatic carbocycles. The summed E-state index contributed by atoms with van der Waals surface area (Å²) in [4.78, 5) is 0. The Labute approximate surface area is 108 Å². The number of nitrogens with one attached hydrogen (secondary N) is 1. The number of rotatable bonds is 4. The van der Waals surface area contributed by atoms with Gasteiger partial charge in [-0.3, -0.25) is 0 Å². The number of aliphatic hydroxyl groups excluding tert-OH is 1. The van der Waals surface area contributed by atoms with Crippen molar-refractivity contribution in [3.05, 3.63) is 24.2 Å². The number of aliphatic hydroxyl groups is 1. The largest absolute Gasteiger partial charge is 0.467 e. The van der Waals surface area contributed by atoms with Gasteiger partial charge in [-0.05, 0) is 46.2 Å². The zero-order valence-electron chi connectivity index (χ0n) is 11.6. The maximum atomic E-state index is 9.97. The summed E-state index contributed by atoms with van der Waals surface area (Å²) in [6.45, 7) is 8.83. The lowest BCUT2D eigenvalue weighted by molar-refractivity contribution is -0.0703. The Hall–Kier alpha value is -0.840. The molecule has 2 N–H and O–H groups in total. The number of hydrogen-bond acceptors (Lipinski definition) is 4. The highest BCUT2D eigenvalue weighted by atomic mass is 16.5. The molecule has 0 amide bonds. The minimum Gasteiger partial charge on any atom is -0.467 e. The van der Waals surface area contributed by atoms with E-state index in [1.807, 2.05) is 0 Å². The van der Waals surface area contributed by atoms with Crippen LogP contribution in [-0.2, 0) is 4.74 Å². The summed E-state index contributed by atoms with van der Waals surface area (Å²) < 4.78 is 11.2.